The highest BCUT2D eigenvalue weighted by atomic mass is 14.8. The van der Waals surface area contributed by atoms with E-state index in [4.69, 9.17) is 0 Å². The van der Waals surface area contributed by atoms with Crippen LogP contribution >= 0.6 is 0 Å². The van der Waals surface area contributed by atoms with Gasteiger partial charge in [0.2, 0.25) is 0 Å². The molecule has 1 aromatic carbocycles. The van der Waals surface area contributed by atoms with E-state index in [0.29, 0.717) is 0 Å². The molecule has 0 saturated carbocycles. The first-order valence-corrected chi connectivity index (χ1v) is 5.74. The van der Waals surface area contributed by atoms with Crippen LogP contribution in [0.15, 0.2) is 18.2 Å². The van der Waals surface area contributed by atoms with E-state index < -0.39 is 0 Å². The topological polar surface area (TPSA) is 12.0 Å². The van der Waals surface area contributed by atoms with Crippen molar-refractivity contribution in [3.8, 4) is 0 Å². The predicted molar refractivity (Wildman–Crippen MR) is 70.8 cm³/mol. The number of rotatable bonds is 1. The van der Waals surface area contributed by atoms with Gasteiger partial charge >= 0.3 is 0 Å². The van der Waals surface area contributed by atoms with E-state index in [-0.39, 0.29) is 5.41 Å². The normalized spacial score (nSPS) is 10.3. The molecule has 0 aliphatic carbocycles. The van der Waals surface area contributed by atoms with Crippen LogP contribution in [0.4, 0.5) is 5.69 Å². The van der Waals surface area contributed by atoms with Gasteiger partial charge in [0.05, 0.1) is 0 Å². The minimum atomic E-state index is 0.235. The minimum absolute atomic E-state index is 0.235. The fourth-order valence-corrected chi connectivity index (χ4v) is 1.36. The Morgan fingerprint density at radius 2 is 1.60 bits per heavy atom. The van der Waals surface area contributed by atoms with Crippen molar-refractivity contribution in [2.45, 2.75) is 47.0 Å². The van der Waals surface area contributed by atoms with Gasteiger partial charge in [0, 0.05) is 12.7 Å². The molecule has 0 fully saturated rings. The standard InChI is InChI=1S/C12H19N.C2H6/c1-9-6-7-10(12(2,3)4)8-11(9)13-5;1-2/h6-8,13H,1-5H3;1-2H3. The summed E-state index contributed by atoms with van der Waals surface area (Å²) < 4.78 is 0. The number of benzene rings is 1. The van der Waals surface area contributed by atoms with Gasteiger partial charge in [-0.15, -0.1) is 0 Å². The van der Waals surface area contributed by atoms with Crippen LogP contribution in [0.1, 0.15) is 45.7 Å². The van der Waals surface area contributed by atoms with E-state index in [1.54, 1.807) is 0 Å². The SMILES string of the molecule is CC.CNc1cc(C(C)(C)C)ccc1C. The van der Waals surface area contributed by atoms with Crippen LogP contribution in [-0.2, 0) is 5.41 Å². The summed E-state index contributed by atoms with van der Waals surface area (Å²) in [5, 5.41) is 3.21. The van der Waals surface area contributed by atoms with Crippen molar-refractivity contribution >= 4 is 5.69 Å². The lowest BCUT2D eigenvalue weighted by Gasteiger charge is -2.20. The van der Waals surface area contributed by atoms with Gasteiger partial charge in [-0.2, -0.15) is 0 Å². The van der Waals surface area contributed by atoms with Crippen molar-refractivity contribution in [3.05, 3.63) is 29.3 Å². The second-order valence-corrected chi connectivity index (χ2v) is 4.53. The third kappa shape index (κ3) is 3.94. The van der Waals surface area contributed by atoms with Crippen LogP contribution in [0.3, 0.4) is 0 Å². The Morgan fingerprint density at radius 1 is 1.07 bits per heavy atom. The summed E-state index contributed by atoms with van der Waals surface area (Å²) in [7, 11) is 1.97. The van der Waals surface area contributed by atoms with Crippen LogP contribution in [0.25, 0.3) is 0 Å². The van der Waals surface area contributed by atoms with Crippen molar-refractivity contribution in [2.75, 3.05) is 12.4 Å². The second kappa shape index (κ2) is 5.79. The molecule has 0 heterocycles. The highest BCUT2D eigenvalue weighted by molar-refractivity contribution is 5.53. The average Bonchev–Trinajstić information content (AvgIpc) is 2.20. The molecule has 15 heavy (non-hydrogen) atoms. The lowest BCUT2D eigenvalue weighted by atomic mass is 9.86. The molecule has 0 spiro atoms. The number of anilines is 1. The molecule has 1 nitrogen and oxygen atoms in total. The molecule has 0 saturated heterocycles. The molecule has 0 radical (unpaired) electrons. The summed E-state index contributed by atoms with van der Waals surface area (Å²) in [6, 6.07) is 6.61. The maximum atomic E-state index is 3.21. The Kier molecular flexibility index (Phi) is 5.41. The van der Waals surface area contributed by atoms with Gasteiger partial charge in [-0.05, 0) is 29.5 Å². The Labute approximate surface area is 94.9 Å². The molecule has 1 heteroatoms. The monoisotopic (exact) mass is 207 g/mol. The highest BCUT2D eigenvalue weighted by Gasteiger charge is 2.13. The molecule has 0 aliphatic rings. The zero-order valence-electron chi connectivity index (χ0n) is 11.2. The van der Waals surface area contributed by atoms with Crippen molar-refractivity contribution in [1.82, 2.24) is 0 Å². The number of hydrogen-bond donors (Lipinski definition) is 1. The van der Waals surface area contributed by atoms with Crippen molar-refractivity contribution in [2.24, 2.45) is 0 Å². The maximum Gasteiger partial charge on any atom is 0.0370 e. The van der Waals surface area contributed by atoms with Gasteiger partial charge < -0.3 is 5.32 Å². The maximum absolute atomic E-state index is 3.21. The van der Waals surface area contributed by atoms with Gasteiger partial charge in [0.1, 0.15) is 0 Å². The summed E-state index contributed by atoms with van der Waals surface area (Å²) >= 11 is 0. The third-order valence-corrected chi connectivity index (χ3v) is 2.37. The fraction of sp³-hybridized carbons (Fsp3) is 0.571. The third-order valence-electron chi connectivity index (χ3n) is 2.37. The number of aryl methyl sites for hydroxylation is 1. The van der Waals surface area contributed by atoms with Crippen LogP contribution in [0.2, 0.25) is 0 Å². The molecular formula is C14H25N. The van der Waals surface area contributed by atoms with Gasteiger partial charge in [-0.1, -0.05) is 46.8 Å². The van der Waals surface area contributed by atoms with E-state index >= 15 is 0 Å². The molecule has 86 valence electrons. The molecule has 0 bridgehead atoms. The summed E-state index contributed by atoms with van der Waals surface area (Å²) in [6.45, 7) is 12.8. The Hall–Kier alpha value is -0.980. The van der Waals surface area contributed by atoms with Gasteiger partial charge in [-0.3, -0.25) is 0 Å². The van der Waals surface area contributed by atoms with Crippen molar-refractivity contribution in [1.29, 1.82) is 0 Å². The average molecular weight is 207 g/mol. The first-order valence-electron chi connectivity index (χ1n) is 5.74. The van der Waals surface area contributed by atoms with Crippen molar-refractivity contribution in [3.63, 3.8) is 0 Å². The lowest BCUT2D eigenvalue weighted by Crippen LogP contribution is -2.11. The zero-order chi connectivity index (χ0) is 12.1. The molecule has 0 aromatic heterocycles. The summed E-state index contributed by atoms with van der Waals surface area (Å²) in [5.41, 5.74) is 4.14. The molecule has 0 aliphatic heterocycles. The zero-order valence-corrected chi connectivity index (χ0v) is 11.2. The molecular weight excluding hydrogens is 182 g/mol. The van der Waals surface area contributed by atoms with E-state index in [0.717, 1.165) is 0 Å². The minimum Gasteiger partial charge on any atom is -0.388 e. The van der Waals surface area contributed by atoms with Gasteiger partial charge in [0.15, 0.2) is 0 Å². The largest absolute Gasteiger partial charge is 0.388 e. The van der Waals surface area contributed by atoms with Crippen molar-refractivity contribution < 1.29 is 0 Å². The van der Waals surface area contributed by atoms with E-state index in [1.165, 1.54) is 16.8 Å². The molecule has 1 N–H and O–H groups in total. The Balaban J connectivity index is 0.000000921. The van der Waals surface area contributed by atoms with Crippen LogP contribution in [0.5, 0.6) is 0 Å². The molecule has 1 aromatic rings. The first-order chi connectivity index (χ1) is 6.95. The predicted octanol–water partition coefficient (Wildman–Crippen LogP) is 4.36. The van der Waals surface area contributed by atoms with Crippen LogP contribution < -0.4 is 5.32 Å². The number of hydrogen-bond acceptors (Lipinski definition) is 1. The molecule has 0 unspecified atom stereocenters. The Morgan fingerprint density at radius 3 is 2.00 bits per heavy atom. The molecule has 1 rings (SSSR count). The summed E-state index contributed by atoms with van der Waals surface area (Å²) in [5.74, 6) is 0. The second-order valence-electron chi connectivity index (χ2n) is 4.53. The number of nitrogens with one attached hydrogen (secondary N) is 1. The molecule has 0 atom stereocenters. The van der Waals surface area contributed by atoms with Gasteiger partial charge in [-0.25, -0.2) is 0 Å². The Bertz CT molecular complexity index is 295. The van der Waals surface area contributed by atoms with E-state index in [9.17, 15) is 0 Å². The quantitative estimate of drug-likeness (QED) is 0.721. The summed E-state index contributed by atoms with van der Waals surface area (Å²) in [6.07, 6.45) is 0. The first kappa shape index (κ1) is 14.0. The lowest BCUT2D eigenvalue weighted by molar-refractivity contribution is 0.590. The molecule has 0 amide bonds. The smallest absolute Gasteiger partial charge is 0.0370 e. The highest BCUT2D eigenvalue weighted by Crippen LogP contribution is 2.26. The van der Waals surface area contributed by atoms with Crippen LogP contribution in [0, 0.1) is 6.92 Å². The van der Waals surface area contributed by atoms with E-state index in [2.05, 4.69) is 51.2 Å². The fourth-order valence-electron chi connectivity index (χ4n) is 1.36. The van der Waals surface area contributed by atoms with Gasteiger partial charge in [0.25, 0.3) is 0 Å². The summed E-state index contributed by atoms with van der Waals surface area (Å²) in [4.78, 5) is 0. The van der Waals surface area contributed by atoms with Crippen LogP contribution in [-0.4, -0.2) is 7.05 Å². The van der Waals surface area contributed by atoms with E-state index in [1.807, 2.05) is 20.9 Å².